The van der Waals surface area contributed by atoms with Crippen molar-refractivity contribution >= 4 is 0 Å². The Hall–Kier alpha value is -1.20. The molecule has 5 nitrogen and oxygen atoms in total. The molecule has 0 bridgehead atoms. The third kappa shape index (κ3) is 3.92. The molecular weight excluding hydrogens is 268 g/mol. The molecule has 3 atom stereocenters. The van der Waals surface area contributed by atoms with Gasteiger partial charge in [-0.15, -0.1) is 5.10 Å². The van der Waals surface area contributed by atoms with Crippen molar-refractivity contribution in [3.63, 3.8) is 0 Å². The highest BCUT2D eigenvalue weighted by molar-refractivity contribution is 5.31. The lowest BCUT2D eigenvalue weighted by atomic mass is 9.95. The topological polar surface area (TPSA) is 64.5 Å². The number of rotatable bonds is 6. The first kappa shape index (κ1) is 16.2. The molecule has 0 aromatic carbocycles. The minimum Gasteiger partial charge on any atom is -0.473 e. The van der Waals surface area contributed by atoms with E-state index in [4.69, 9.17) is 9.47 Å². The molecule has 1 N–H and O–H groups in total. The molecule has 0 saturated carbocycles. The third-order valence-corrected chi connectivity index (χ3v) is 4.11. The van der Waals surface area contributed by atoms with Gasteiger partial charge in [0.2, 0.25) is 5.88 Å². The van der Waals surface area contributed by atoms with Crippen molar-refractivity contribution in [2.45, 2.75) is 71.2 Å². The zero-order valence-corrected chi connectivity index (χ0v) is 13.4. The largest absolute Gasteiger partial charge is 0.473 e. The molecule has 0 aliphatic carbocycles. The smallest absolute Gasteiger partial charge is 0.237 e. The maximum atomic E-state index is 9.68. The molecule has 0 radical (unpaired) electrons. The molecule has 3 unspecified atom stereocenters. The van der Waals surface area contributed by atoms with Crippen molar-refractivity contribution in [1.82, 2.24) is 10.2 Å². The van der Waals surface area contributed by atoms with Gasteiger partial charge in [-0.1, -0.05) is 13.8 Å². The van der Waals surface area contributed by atoms with Crippen molar-refractivity contribution < 1.29 is 14.6 Å². The highest BCUT2D eigenvalue weighted by atomic mass is 16.5. The van der Waals surface area contributed by atoms with E-state index in [1.165, 1.54) is 0 Å². The van der Waals surface area contributed by atoms with Crippen LogP contribution in [0.1, 0.15) is 57.2 Å². The van der Waals surface area contributed by atoms with E-state index in [1.54, 1.807) is 6.92 Å². The maximum absolute atomic E-state index is 9.68. The Morgan fingerprint density at radius 2 is 2.10 bits per heavy atom. The minimum absolute atomic E-state index is 0.107. The number of aliphatic hydroxyl groups excluding tert-OH is 1. The zero-order valence-electron chi connectivity index (χ0n) is 13.4. The molecule has 21 heavy (non-hydrogen) atoms. The van der Waals surface area contributed by atoms with Gasteiger partial charge in [-0.05, 0) is 39.2 Å². The Morgan fingerprint density at radius 1 is 1.38 bits per heavy atom. The normalized spacial score (nSPS) is 23.5. The molecule has 1 aromatic rings. The number of aromatic nitrogens is 2. The van der Waals surface area contributed by atoms with E-state index in [0.29, 0.717) is 12.5 Å². The molecule has 1 aromatic heterocycles. The SMILES string of the molecule is CCC(CC)Oc1nnc(C)cc1C1COC(C(C)O)C1. The van der Waals surface area contributed by atoms with E-state index in [-0.39, 0.29) is 18.1 Å². The molecular formula is C16H26N2O3. The number of ether oxygens (including phenoxy) is 2. The summed E-state index contributed by atoms with van der Waals surface area (Å²) >= 11 is 0. The summed E-state index contributed by atoms with van der Waals surface area (Å²) in [6.45, 7) is 8.51. The molecule has 1 aliphatic heterocycles. The summed E-state index contributed by atoms with van der Waals surface area (Å²) in [5, 5.41) is 18.0. The number of hydrogen-bond acceptors (Lipinski definition) is 5. The van der Waals surface area contributed by atoms with E-state index in [9.17, 15) is 5.11 Å². The number of nitrogens with zero attached hydrogens (tertiary/aromatic N) is 2. The summed E-state index contributed by atoms with van der Waals surface area (Å²) in [7, 11) is 0. The van der Waals surface area contributed by atoms with E-state index in [0.717, 1.165) is 30.5 Å². The average molecular weight is 294 g/mol. The monoisotopic (exact) mass is 294 g/mol. The van der Waals surface area contributed by atoms with E-state index in [1.807, 2.05) is 13.0 Å². The van der Waals surface area contributed by atoms with Gasteiger partial charge in [0.25, 0.3) is 0 Å². The predicted octanol–water partition coefficient (Wildman–Crippen LogP) is 2.61. The quantitative estimate of drug-likeness (QED) is 0.873. The van der Waals surface area contributed by atoms with Crippen LogP contribution in [-0.4, -0.2) is 40.2 Å². The van der Waals surface area contributed by atoms with Crippen molar-refractivity contribution in [2.75, 3.05) is 6.61 Å². The van der Waals surface area contributed by atoms with Crippen LogP contribution in [0.4, 0.5) is 0 Å². The highest BCUT2D eigenvalue weighted by Gasteiger charge is 2.32. The zero-order chi connectivity index (χ0) is 15.4. The Bertz CT molecular complexity index is 461. The summed E-state index contributed by atoms with van der Waals surface area (Å²) in [5.41, 5.74) is 1.93. The molecule has 118 valence electrons. The molecule has 1 aliphatic rings. The predicted molar refractivity (Wildman–Crippen MR) is 80.5 cm³/mol. The van der Waals surface area contributed by atoms with Gasteiger partial charge < -0.3 is 14.6 Å². The lowest BCUT2D eigenvalue weighted by Gasteiger charge is -2.19. The van der Waals surface area contributed by atoms with Crippen LogP contribution in [0.15, 0.2) is 6.07 Å². The van der Waals surface area contributed by atoms with E-state index >= 15 is 0 Å². The van der Waals surface area contributed by atoms with Gasteiger partial charge in [0.1, 0.15) is 0 Å². The Labute approximate surface area is 126 Å². The molecule has 2 heterocycles. The first-order chi connectivity index (χ1) is 10.0. The van der Waals surface area contributed by atoms with Crippen LogP contribution in [0, 0.1) is 6.92 Å². The summed E-state index contributed by atoms with van der Waals surface area (Å²) in [6, 6.07) is 2.03. The van der Waals surface area contributed by atoms with Crippen LogP contribution in [0.5, 0.6) is 5.88 Å². The molecule has 0 spiro atoms. The summed E-state index contributed by atoms with van der Waals surface area (Å²) in [6.07, 6.45) is 2.29. The molecule has 1 fully saturated rings. The number of aliphatic hydroxyl groups is 1. The van der Waals surface area contributed by atoms with Gasteiger partial charge in [0.05, 0.1) is 30.6 Å². The maximum Gasteiger partial charge on any atom is 0.237 e. The summed E-state index contributed by atoms with van der Waals surface area (Å²) in [4.78, 5) is 0. The first-order valence-corrected chi connectivity index (χ1v) is 7.85. The highest BCUT2D eigenvalue weighted by Crippen LogP contribution is 2.35. The lowest BCUT2D eigenvalue weighted by molar-refractivity contribution is 0.00828. The van der Waals surface area contributed by atoms with Crippen LogP contribution in [-0.2, 0) is 4.74 Å². The lowest BCUT2D eigenvalue weighted by Crippen LogP contribution is -2.21. The Kier molecular flexibility index (Phi) is 5.53. The van der Waals surface area contributed by atoms with Crippen molar-refractivity contribution in [3.8, 4) is 5.88 Å². The standard InChI is InChI=1S/C16H26N2O3/c1-5-13(6-2)21-16-14(7-10(3)17-18-16)12-8-15(11(4)19)20-9-12/h7,11-13,15,19H,5-6,8-9H2,1-4H3. The fourth-order valence-corrected chi connectivity index (χ4v) is 2.70. The van der Waals surface area contributed by atoms with Crippen LogP contribution in [0.3, 0.4) is 0 Å². The first-order valence-electron chi connectivity index (χ1n) is 7.85. The van der Waals surface area contributed by atoms with Crippen LogP contribution < -0.4 is 4.74 Å². The van der Waals surface area contributed by atoms with Gasteiger partial charge >= 0.3 is 0 Å². The average Bonchev–Trinajstić information content (AvgIpc) is 2.96. The van der Waals surface area contributed by atoms with Crippen molar-refractivity contribution in [1.29, 1.82) is 0 Å². The Morgan fingerprint density at radius 3 is 2.67 bits per heavy atom. The van der Waals surface area contributed by atoms with Gasteiger partial charge in [-0.25, -0.2) is 0 Å². The molecule has 0 amide bonds. The summed E-state index contributed by atoms with van der Waals surface area (Å²) < 4.78 is 11.7. The number of aryl methyl sites for hydroxylation is 1. The van der Waals surface area contributed by atoms with Gasteiger partial charge in [0, 0.05) is 11.5 Å². The number of hydrogen-bond donors (Lipinski definition) is 1. The van der Waals surface area contributed by atoms with Gasteiger partial charge in [0.15, 0.2) is 0 Å². The van der Waals surface area contributed by atoms with E-state index < -0.39 is 6.10 Å². The van der Waals surface area contributed by atoms with Gasteiger partial charge in [-0.3, -0.25) is 0 Å². The van der Waals surface area contributed by atoms with E-state index in [2.05, 4.69) is 24.0 Å². The second kappa shape index (κ2) is 7.18. The third-order valence-electron chi connectivity index (χ3n) is 4.11. The molecule has 2 rings (SSSR count). The van der Waals surface area contributed by atoms with Crippen LogP contribution in [0.25, 0.3) is 0 Å². The van der Waals surface area contributed by atoms with Gasteiger partial charge in [-0.2, -0.15) is 5.10 Å². The van der Waals surface area contributed by atoms with Crippen LogP contribution in [0.2, 0.25) is 0 Å². The molecule has 1 saturated heterocycles. The van der Waals surface area contributed by atoms with Crippen LogP contribution >= 0.6 is 0 Å². The second-order valence-electron chi connectivity index (χ2n) is 5.85. The molecule has 5 heteroatoms. The Balaban J connectivity index is 2.19. The fraction of sp³-hybridized carbons (Fsp3) is 0.750. The second-order valence-corrected chi connectivity index (χ2v) is 5.85. The van der Waals surface area contributed by atoms with Crippen molar-refractivity contribution in [3.05, 3.63) is 17.3 Å². The minimum atomic E-state index is -0.450. The fourth-order valence-electron chi connectivity index (χ4n) is 2.70. The van der Waals surface area contributed by atoms with Crippen molar-refractivity contribution in [2.24, 2.45) is 0 Å². The summed E-state index contributed by atoms with van der Waals surface area (Å²) in [5.74, 6) is 0.831.